The van der Waals surface area contributed by atoms with Crippen molar-refractivity contribution in [2.75, 3.05) is 0 Å². The first-order chi connectivity index (χ1) is 22.2. The van der Waals surface area contributed by atoms with E-state index in [1.54, 1.807) is 18.6 Å². The lowest BCUT2D eigenvalue weighted by atomic mass is 9.94. The molecule has 214 valence electrons. The van der Waals surface area contributed by atoms with Gasteiger partial charge in [0.1, 0.15) is 0 Å². The number of aromatic nitrogens is 5. The van der Waals surface area contributed by atoms with Crippen LogP contribution < -0.4 is 0 Å². The average molecular weight is 581 g/mol. The third-order valence-electron chi connectivity index (χ3n) is 7.61. The first-order valence-corrected chi connectivity index (χ1v) is 14.7. The Morgan fingerprint density at radius 2 is 1.42 bits per heavy atom. The molecule has 0 amide bonds. The number of pyridine rings is 2. The standard InChI is InChI=1S/C39H28N6/c1-3-10-30(24-40-2)38-43-37(44-39(45-38)31-14-9-22-41-25-31)29-18-16-27(17-19-29)33-23-35(28-12-5-4-6-13-28)42-34-21-20-26-11-7-8-15-32(26)36(33)34/h3-25H,2H2,1H3/b10-3-,30-24+. The fourth-order valence-corrected chi connectivity index (χ4v) is 5.50. The van der Waals surface area contributed by atoms with Crippen LogP contribution in [0.1, 0.15) is 12.7 Å². The summed E-state index contributed by atoms with van der Waals surface area (Å²) in [7, 11) is 0. The van der Waals surface area contributed by atoms with Crippen molar-refractivity contribution in [2.45, 2.75) is 6.92 Å². The number of fused-ring (bicyclic) bond motifs is 3. The topological polar surface area (TPSA) is 76.8 Å². The highest BCUT2D eigenvalue weighted by molar-refractivity contribution is 6.13. The van der Waals surface area contributed by atoms with Crippen LogP contribution in [0.15, 0.2) is 145 Å². The van der Waals surface area contributed by atoms with Crippen molar-refractivity contribution in [3.63, 3.8) is 0 Å². The van der Waals surface area contributed by atoms with Gasteiger partial charge in [0.25, 0.3) is 0 Å². The Kier molecular flexibility index (Phi) is 7.52. The smallest absolute Gasteiger partial charge is 0.165 e. The average Bonchev–Trinajstić information content (AvgIpc) is 3.11. The van der Waals surface area contributed by atoms with Gasteiger partial charge in [0.15, 0.2) is 17.5 Å². The van der Waals surface area contributed by atoms with Crippen LogP contribution in [0.4, 0.5) is 0 Å². The quantitative estimate of drug-likeness (QED) is 0.107. The minimum Gasteiger partial charge on any atom is -0.272 e. The molecule has 7 rings (SSSR count). The van der Waals surface area contributed by atoms with E-state index in [2.05, 4.69) is 95.6 Å². The minimum absolute atomic E-state index is 0.507. The van der Waals surface area contributed by atoms with Gasteiger partial charge in [-0.3, -0.25) is 9.98 Å². The molecule has 0 aliphatic carbocycles. The zero-order chi connectivity index (χ0) is 30.6. The van der Waals surface area contributed by atoms with Crippen LogP contribution in [0.2, 0.25) is 0 Å². The summed E-state index contributed by atoms with van der Waals surface area (Å²) in [4.78, 5) is 27.8. The lowest BCUT2D eigenvalue weighted by Crippen LogP contribution is -2.02. The molecule has 0 saturated carbocycles. The van der Waals surface area contributed by atoms with E-state index in [1.165, 1.54) is 10.8 Å². The van der Waals surface area contributed by atoms with Crippen molar-refractivity contribution < 1.29 is 0 Å². The summed E-state index contributed by atoms with van der Waals surface area (Å²) < 4.78 is 0. The van der Waals surface area contributed by atoms with Gasteiger partial charge in [-0.2, -0.15) is 0 Å². The summed E-state index contributed by atoms with van der Waals surface area (Å²) >= 11 is 0. The van der Waals surface area contributed by atoms with E-state index in [4.69, 9.17) is 19.9 Å². The van der Waals surface area contributed by atoms with E-state index in [0.717, 1.165) is 50.0 Å². The lowest BCUT2D eigenvalue weighted by molar-refractivity contribution is 1.03. The number of rotatable bonds is 7. The SMILES string of the molecule is C=N/C=C(\C=C/C)c1nc(-c2ccc(-c3cc(-c4ccccc4)nc4ccc5ccccc5c34)cc2)nc(-c2cccnc2)n1. The normalized spacial score (nSPS) is 11.8. The molecule has 6 heteroatoms. The third kappa shape index (κ3) is 5.53. The maximum Gasteiger partial charge on any atom is 0.165 e. The van der Waals surface area contributed by atoms with Gasteiger partial charge >= 0.3 is 0 Å². The highest BCUT2D eigenvalue weighted by Gasteiger charge is 2.15. The van der Waals surface area contributed by atoms with Crippen molar-refractivity contribution in [1.82, 2.24) is 24.9 Å². The largest absolute Gasteiger partial charge is 0.272 e. The fraction of sp³-hybridized carbons (Fsp3) is 0.0256. The summed E-state index contributed by atoms with van der Waals surface area (Å²) in [5.74, 6) is 1.60. The molecule has 0 aliphatic rings. The van der Waals surface area contributed by atoms with Crippen molar-refractivity contribution in [3.8, 4) is 45.2 Å². The molecule has 0 atom stereocenters. The molecule has 0 N–H and O–H groups in total. The van der Waals surface area contributed by atoms with Gasteiger partial charge in [0.2, 0.25) is 0 Å². The predicted molar refractivity (Wildman–Crippen MR) is 185 cm³/mol. The summed E-state index contributed by atoms with van der Waals surface area (Å²) in [5, 5.41) is 3.47. The Morgan fingerprint density at radius 1 is 0.689 bits per heavy atom. The van der Waals surface area contributed by atoms with E-state index >= 15 is 0 Å². The fourth-order valence-electron chi connectivity index (χ4n) is 5.50. The maximum absolute atomic E-state index is 5.09. The zero-order valence-corrected chi connectivity index (χ0v) is 24.7. The highest BCUT2D eigenvalue weighted by atomic mass is 15.0. The molecule has 0 spiro atoms. The van der Waals surface area contributed by atoms with Gasteiger partial charge in [0, 0.05) is 46.2 Å². The number of hydrogen-bond acceptors (Lipinski definition) is 6. The molecule has 7 aromatic rings. The van der Waals surface area contributed by atoms with Gasteiger partial charge in [-0.05, 0) is 59.8 Å². The molecule has 0 unspecified atom stereocenters. The number of hydrogen-bond donors (Lipinski definition) is 0. The molecule has 0 saturated heterocycles. The van der Waals surface area contributed by atoms with E-state index < -0.39 is 0 Å². The molecule has 0 bridgehead atoms. The summed E-state index contributed by atoms with van der Waals surface area (Å²) in [6, 6.07) is 37.4. The van der Waals surface area contributed by atoms with Gasteiger partial charge in [-0.15, -0.1) is 0 Å². The van der Waals surface area contributed by atoms with Crippen LogP contribution in [0, 0.1) is 0 Å². The van der Waals surface area contributed by atoms with Crippen LogP contribution in [-0.4, -0.2) is 31.6 Å². The van der Waals surface area contributed by atoms with Crippen LogP contribution >= 0.6 is 0 Å². The van der Waals surface area contributed by atoms with E-state index in [9.17, 15) is 0 Å². The van der Waals surface area contributed by atoms with Gasteiger partial charge < -0.3 is 0 Å². The van der Waals surface area contributed by atoms with E-state index in [-0.39, 0.29) is 0 Å². The van der Waals surface area contributed by atoms with Crippen LogP contribution in [0.5, 0.6) is 0 Å². The van der Waals surface area contributed by atoms with Gasteiger partial charge in [0.05, 0.1) is 11.2 Å². The molecule has 0 aliphatic heterocycles. The Hall–Kier alpha value is -6.14. The first kappa shape index (κ1) is 27.7. The Morgan fingerprint density at radius 3 is 2.18 bits per heavy atom. The Balaban J connectivity index is 1.39. The third-order valence-corrected chi connectivity index (χ3v) is 7.61. The summed E-state index contributed by atoms with van der Waals surface area (Å²) in [5.41, 5.74) is 7.55. The summed E-state index contributed by atoms with van der Waals surface area (Å²) in [6.07, 6.45) is 8.96. The number of allylic oxidation sites excluding steroid dienone is 3. The molecule has 6 nitrogen and oxygen atoms in total. The predicted octanol–water partition coefficient (Wildman–Crippen LogP) is 9.25. The molecule has 3 heterocycles. The minimum atomic E-state index is 0.507. The van der Waals surface area contributed by atoms with Crippen molar-refractivity contribution in [2.24, 2.45) is 4.99 Å². The monoisotopic (exact) mass is 580 g/mol. The van der Waals surface area contributed by atoms with Crippen LogP contribution in [-0.2, 0) is 0 Å². The number of aliphatic imine (C=N–C) groups is 1. The molecular formula is C39H28N6. The maximum atomic E-state index is 5.09. The van der Waals surface area contributed by atoms with Crippen molar-refractivity contribution in [1.29, 1.82) is 0 Å². The van der Waals surface area contributed by atoms with Gasteiger partial charge in [-0.25, -0.2) is 19.9 Å². The van der Waals surface area contributed by atoms with Crippen molar-refractivity contribution >= 4 is 34.0 Å². The van der Waals surface area contributed by atoms with E-state index in [1.807, 2.05) is 49.4 Å². The Bertz CT molecular complexity index is 2220. The second-order valence-electron chi connectivity index (χ2n) is 10.5. The second-order valence-corrected chi connectivity index (χ2v) is 10.5. The second kappa shape index (κ2) is 12.2. The molecule has 45 heavy (non-hydrogen) atoms. The van der Waals surface area contributed by atoms with Gasteiger partial charge in [-0.1, -0.05) is 97.1 Å². The Labute approximate surface area is 261 Å². The molecular weight excluding hydrogens is 552 g/mol. The zero-order valence-electron chi connectivity index (χ0n) is 24.7. The molecule has 0 fully saturated rings. The highest BCUT2D eigenvalue weighted by Crippen LogP contribution is 2.37. The van der Waals surface area contributed by atoms with Crippen LogP contribution in [0.3, 0.4) is 0 Å². The molecule has 0 radical (unpaired) electrons. The first-order valence-electron chi connectivity index (χ1n) is 14.7. The van der Waals surface area contributed by atoms with Crippen LogP contribution in [0.25, 0.3) is 72.4 Å². The summed E-state index contributed by atoms with van der Waals surface area (Å²) in [6.45, 7) is 5.57. The van der Waals surface area contributed by atoms with Crippen molar-refractivity contribution in [3.05, 3.63) is 146 Å². The molecule has 3 aromatic heterocycles. The lowest BCUT2D eigenvalue weighted by Gasteiger charge is -2.14. The molecule has 4 aromatic carbocycles. The number of nitrogens with zero attached hydrogens (tertiary/aromatic N) is 6. The number of benzene rings is 4. The van der Waals surface area contributed by atoms with E-state index in [0.29, 0.717) is 17.5 Å².